The first-order chi connectivity index (χ1) is 11.8. The smallest absolute Gasteiger partial charge is 0.191 e. The summed E-state index contributed by atoms with van der Waals surface area (Å²) < 4.78 is 2.03. The fraction of sp³-hybridized carbons (Fsp3) is 0.611. The van der Waals surface area contributed by atoms with Crippen molar-refractivity contribution in [2.24, 2.45) is 10.9 Å². The molecule has 130 valence electrons. The van der Waals surface area contributed by atoms with Gasteiger partial charge in [-0.15, -0.1) is 10.2 Å². The van der Waals surface area contributed by atoms with Crippen molar-refractivity contribution in [1.29, 1.82) is 0 Å². The van der Waals surface area contributed by atoms with Gasteiger partial charge >= 0.3 is 0 Å². The number of aliphatic imine (C=N–C) groups is 1. The van der Waals surface area contributed by atoms with Gasteiger partial charge in [0.25, 0.3) is 0 Å². The zero-order valence-electron chi connectivity index (χ0n) is 14.7. The average Bonchev–Trinajstić information content (AvgIpc) is 3.00. The number of aromatic nitrogens is 3. The summed E-state index contributed by atoms with van der Waals surface area (Å²) in [5.41, 5.74) is 0.887. The molecule has 0 aromatic carbocycles. The first-order valence-corrected chi connectivity index (χ1v) is 9.09. The quantitative estimate of drug-likeness (QED) is 0.653. The van der Waals surface area contributed by atoms with Crippen molar-refractivity contribution in [2.45, 2.75) is 52.0 Å². The minimum atomic E-state index is 0.549. The van der Waals surface area contributed by atoms with Gasteiger partial charge in [0.2, 0.25) is 0 Å². The topological polar surface area (TPSA) is 66.6 Å². The predicted octanol–water partition coefficient (Wildman–Crippen LogP) is 2.41. The van der Waals surface area contributed by atoms with Crippen molar-refractivity contribution < 1.29 is 0 Å². The lowest BCUT2D eigenvalue weighted by Gasteiger charge is -2.28. The van der Waals surface area contributed by atoms with Crippen LogP contribution >= 0.6 is 0 Å². The molecule has 24 heavy (non-hydrogen) atoms. The minimum absolute atomic E-state index is 0.549. The molecule has 0 amide bonds. The van der Waals surface area contributed by atoms with Crippen LogP contribution < -0.4 is 10.6 Å². The first kappa shape index (κ1) is 16.7. The minimum Gasteiger partial charge on any atom is -0.357 e. The molecule has 0 bridgehead atoms. The summed E-state index contributed by atoms with van der Waals surface area (Å²) in [6, 6.07) is 6.49. The lowest BCUT2D eigenvalue weighted by molar-refractivity contribution is 0.329. The Morgan fingerprint density at radius 1 is 1.25 bits per heavy atom. The van der Waals surface area contributed by atoms with Crippen LogP contribution in [-0.4, -0.2) is 39.7 Å². The zero-order chi connectivity index (χ0) is 16.8. The Hall–Kier alpha value is -2.11. The standard InChI is InChI=1S/C18H28N6/c1-3-19-18(21-15-9-7-14(2)8-10-15)20-12-11-17-23-22-16-6-4-5-13-24(16)17/h4-6,13-15H,3,7-12H2,1-2H3,(H2,19,20,21). The third kappa shape index (κ3) is 4.24. The molecule has 2 heterocycles. The van der Waals surface area contributed by atoms with Gasteiger partial charge in [0.15, 0.2) is 11.6 Å². The van der Waals surface area contributed by atoms with E-state index in [1.54, 1.807) is 0 Å². The van der Waals surface area contributed by atoms with E-state index < -0.39 is 0 Å². The molecule has 0 aliphatic heterocycles. The van der Waals surface area contributed by atoms with Crippen molar-refractivity contribution in [1.82, 2.24) is 25.2 Å². The summed E-state index contributed by atoms with van der Waals surface area (Å²) in [4.78, 5) is 4.72. The molecule has 0 unspecified atom stereocenters. The Morgan fingerprint density at radius 3 is 2.88 bits per heavy atom. The molecule has 1 saturated carbocycles. The van der Waals surface area contributed by atoms with Crippen LogP contribution in [0.3, 0.4) is 0 Å². The summed E-state index contributed by atoms with van der Waals surface area (Å²) in [6.45, 7) is 6.03. The zero-order valence-corrected chi connectivity index (χ0v) is 14.7. The van der Waals surface area contributed by atoms with Crippen LogP contribution in [0.1, 0.15) is 45.4 Å². The van der Waals surface area contributed by atoms with E-state index in [4.69, 9.17) is 4.99 Å². The van der Waals surface area contributed by atoms with E-state index >= 15 is 0 Å². The lowest BCUT2D eigenvalue weighted by Crippen LogP contribution is -2.44. The third-order valence-corrected chi connectivity index (χ3v) is 4.69. The van der Waals surface area contributed by atoms with Crippen LogP contribution in [0, 0.1) is 5.92 Å². The summed E-state index contributed by atoms with van der Waals surface area (Å²) in [6.07, 6.45) is 7.87. The van der Waals surface area contributed by atoms with E-state index in [-0.39, 0.29) is 0 Å². The summed E-state index contributed by atoms with van der Waals surface area (Å²) >= 11 is 0. The second-order valence-corrected chi connectivity index (χ2v) is 6.66. The molecule has 0 saturated heterocycles. The van der Waals surface area contributed by atoms with E-state index in [1.807, 2.05) is 28.8 Å². The van der Waals surface area contributed by atoms with Gasteiger partial charge in [-0.1, -0.05) is 13.0 Å². The first-order valence-electron chi connectivity index (χ1n) is 9.09. The van der Waals surface area contributed by atoms with Crippen LogP contribution in [0.5, 0.6) is 0 Å². The molecule has 2 N–H and O–H groups in total. The number of hydrogen-bond donors (Lipinski definition) is 2. The molecule has 6 heteroatoms. The molecule has 1 aliphatic rings. The molecule has 3 rings (SSSR count). The molecule has 1 fully saturated rings. The van der Waals surface area contributed by atoms with Crippen molar-refractivity contribution in [3.8, 4) is 0 Å². The molecule has 0 radical (unpaired) electrons. The van der Waals surface area contributed by atoms with Crippen LogP contribution in [0.4, 0.5) is 0 Å². The van der Waals surface area contributed by atoms with Gasteiger partial charge in [0.1, 0.15) is 5.82 Å². The van der Waals surface area contributed by atoms with Gasteiger partial charge in [-0.25, -0.2) is 0 Å². The molecule has 2 aromatic rings. The summed E-state index contributed by atoms with van der Waals surface area (Å²) in [5, 5.41) is 15.4. The maximum atomic E-state index is 4.72. The van der Waals surface area contributed by atoms with Crippen molar-refractivity contribution in [2.75, 3.05) is 13.1 Å². The molecule has 2 aromatic heterocycles. The highest BCUT2D eigenvalue weighted by atomic mass is 15.2. The van der Waals surface area contributed by atoms with Crippen LogP contribution in [0.2, 0.25) is 0 Å². The Bertz CT molecular complexity index is 669. The number of nitrogens with zero attached hydrogens (tertiary/aromatic N) is 4. The van der Waals surface area contributed by atoms with Crippen molar-refractivity contribution in [3.63, 3.8) is 0 Å². The van der Waals surface area contributed by atoms with Gasteiger partial charge in [-0.05, 0) is 50.7 Å². The molecular weight excluding hydrogens is 300 g/mol. The van der Waals surface area contributed by atoms with Crippen LogP contribution in [0.15, 0.2) is 29.4 Å². The van der Waals surface area contributed by atoms with Gasteiger partial charge in [0, 0.05) is 31.7 Å². The monoisotopic (exact) mass is 328 g/mol. The molecule has 1 aliphatic carbocycles. The number of pyridine rings is 1. The predicted molar refractivity (Wildman–Crippen MR) is 97.2 cm³/mol. The maximum Gasteiger partial charge on any atom is 0.191 e. The van der Waals surface area contributed by atoms with E-state index in [1.165, 1.54) is 25.7 Å². The second kappa shape index (κ2) is 8.13. The maximum absolute atomic E-state index is 4.72. The Morgan fingerprint density at radius 2 is 2.08 bits per heavy atom. The van der Waals surface area contributed by atoms with Gasteiger partial charge in [-0.2, -0.15) is 0 Å². The fourth-order valence-corrected chi connectivity index (χ4v) is 3.25. The number of nitrogens with one attached hydrogen (secondary N) is 2. The Labute approximate surface area is 143 Å². The van der Waals surface area contributed by atoms with Crippen LogP contribution in [0.25, 0.3) is 5.65 Å². The summed E-state index contributed by atoms with van der Waals surface area (Å²) in [5.74, 6) is 2.74. The third-order valence-electron chi connectivity index (χ3n) is 4.69. The number of rotatable bonds is 5. The normalized spacial score (nSPS) is 21.8. The number of fused-ring (bicyclic) bond motifs is 1. The second-order valence-electron chi connectivity index (χ2n) is 6.66. The average molecular weight is 328 g/mol. The highest BCUT2D eigenvalue weighted by Crippen LogP contribution is 2.23. The summed E-state index contributed by atoms with van der Waals surface area (Å²) in [7, 11) is 0. The van der Waals surface area contributed by atoms with Gasteiger partial charge < -0.3 is 10.6 Å². The number of hydrogen-bond acceptors (Lipinski definition) is 3. The Balaban J connectivity index is 1.57. The van der Waals surface area contributed by atoms with E-state index in [9.17, 15) is 0 Å². The lowest BCUT2D eigenvalue weighted by atomic mass is 9.87. The van der Waals surface area contributed by atoms with E-state index in [0.717, 1.165) is 36.3 Å². The Kier molecular flexibility index (Phi) is 5.67. The fourth-order valence-electron chi connectivity index (χ4n) is 3.25. The molecule has 6 nitrogen and oxygen atoms in total. The van der Waals surface area contributed by atoms with Crippen molar-refractivity contribution >= 4 is 11.6 Å². The van der Waals surface area contributed by atoms with Crippen molar-refractivity contribution in [3.05, 3.63) is 30.2 Å². The molecule has 0 atom stereocenters. The molecule has 0 spiro atoms. The van der Waals surface area contributed by atoms with Gasteiger partial charge in [0.05, 0.1) is 0 Å². The highest BCUT2D eigenvalue weighted by Gasteiger charge is 2.18. The number of guanidine groups is 1. The van der Waals surface area contributed by atoms with E-state index in [0.29, 0.717) is 12.6 Å². The highest BCUT2D eigenvalue weighted by molar-refractivity contribution is 5.80. The van der Waals surface area contributed by atoms with E-state index in [2.05, 4.69) is 34.7 Å². The SMILES string of the molecule is CCNC(=NCCc1nnc2ccccn12)NC1CCC(C)CC1. The largest absolute Gasteiger partial charge is 0.357 e. The van der Waals surface area contributed by atoms with Crippen LogP contribution in [-0.2, 0) is 6.42 Å². The van der Waals surface area contributed by atoms with Gasteiger partial charge in [-0.3, -0.25) is 9.39 Å². The molecular formula is C18H28N6.